The number of fused-ring (bicyclic) bond motifs is 1. The van der Waals surface area contributed by atoms with Crippen molar-refractivity contribution in [3.8, 4) is 5.75 Å². The Bertz CT molecular complexity index is 756. The summed E-state index contributed by atoms with van der Waals surface area (Å²) < 4.78 is 16.7. The standard InChI is InChI=1S/C20H23NO5/c1-12(2)10-25-19(23)16-15-8-9-20(26-15)11-21(18(22)17(16)20)13-4-6-14(24-3)7-5-13/h4-9,12,15-17H,10-11H2,1-3H3/t15-,16-,17-,20+/m0/s1. The number of carbonyl (C=O) groups excluding carboxylic acids is 2. The van der Waals surface area contributed by atoms with Crippen molar-refractivity contribution in [3.63, 3.8) is 0 Å². The maximum absolute atomic E-state index is 13.2. The van der Waals surface area contributed by atoms with E-state index in [-0.39, 0.29) is 23.9 Å². The van der Waals surface area contributed by atoms with Crippen LogP contribution in [0.2, 0.25) is 0 Å². The zero-order valence-electron chi connectivity index (χ0n) is 15.2. The second-order valence-electron chi connectivity index (χ2n) is 7.55. The van der Waals surface area contributed by atoms with E-state index in [9.17, 15) is 9.59 Å². The number of methoxy groups -OCH3 is 1. The van der Waals surface area contributed by atoms with Crippen molar-refractivity contribution in [2.45, 2.75) is 25.6 Å². The van der Waals surface area contributed by atoms with Gasteiger partial charge < -0.3 is 19.1 Å². The summed E-state index contributed by atoms with van der Waals surface area (Å²) in [5.41, 5.74) is 0.0396. The quantitative estimate of drug-likeness (QED) is 0.597. The van der Waals surface area contributed by atoms with E-state index in [1.807, 2.05) is 50.3 Å². The molecule has 0 aromatic heterocycles. The fourth-order valence-electron chi connectivity index (χ4n) is 4.09. The van der Waals surface area contributed by atoms with Gasteiger partial charge in [-0.2, -0.15) is 0 Å². The second-order valence-corrected chi connectivity index (χ2v) is 7.55. The molecule has 0 saturated carbocycles. The number of amides is 1. The minimum atomic E-state index is -0.733. The molecule has 6 nitrogen and oxygen atoms in total. The third-order valence-electron chi connectivity index (χ3n) is 5.32. The SMILES string of the molecule is COc1ccc(N2C[C@@]34C=C[C@H](O3)[C@H](C(=O)OCC(C)C)[C@H]4C2=O)cc1. The number of benzene rings is 1. The Balaban J connectivity index is 1.59. The predicted octanol–water partition coefficient (Wildman–Crippen LogP) is 2.18. The highest BCUT2D eigenvalue weighted by Gasteiger charge is 2.67. The number of carbonyl (C=O) groups is 2. The maximum Gasteiger partial charge on any atom is 0.312 e. The number of esters is 1. The van der Waals surface area contributed by atoms with Crippen molar-refractivity contribution in [1.82, 2.24) is 0 Å². The van der Waals surface area contributed by atoms with E-state index < -0.39 is 17.4 Å². The Morgan fingerprint density at radius 1 is 1.35 bits per heavy atom. The number of anilines is 1. The van der Waals surface area contributed by atoms with Crippen molar-refractivity contribution in [2.24, 2.45) is 17.8 Å². The van der Waals surface area contributed by atoms with Crippen LogP contribution in [-0.4, -0.2) is 43.8 Å². The van der Waals surface area contributed by atoms with Crippen LogP contribution in [0.4, 0.5) is 5.69 Å². The van der Waals surface area contributed by atoms with Crippen molar-refractivity contribution >= 4 is 17.6 Å². The summed E-state index contributed by atoms with van der Waals surface area (Å²) in [6, 6.07) is 7.32. The van der Waals surface area contributed by atoms with Crippen molar-refractivity contribution in [2.75, 3.05) is 25.2 Å². The highest BCUT2D eigenvalue weighted by atomic mass is 16.6. The molecule has 4 rings (SSSR count). The Hall–Kier alpha value is -2.34. The minimum absolute atomic E-state index is 0.0893. The number of nitrogens with zero attached hydrogens (tertiary/aromatic N) is 1. The summed E-state index contributed by atoms with van der Waals surface area (Å²) in [5, 5.41) is 0. The Morgan fingerprint density at radius 3 is 2.73 bits per heavy atom. The highest BCUT2D eigenvalue weighted by molar-refractivity contribution is 6.02. The van der Waals surface area contributed by atoms with E-state index in [4.69, 9.17) is 14.2 Å². The molecule has 2 bridgehead atoms. The molecule has 3 aliphatic rings. The largest absolute Gasteiger partial charge is 0.497 e. The molecule has 2 fully saturated rings. The molecule has 26 heavy (non-hydrogen) atoms. The van der Waals surface area contributed by atoms with E-state index in [1.54, 1.807) is 12.0 Å². The fourth-order valence-corrected chi connectivity index (χ4v) is 4.09. The summed E-state index contributed by atoms with van der Waals surface area (Å²) >= 11 is 0. The number of ether oxygens (including phenoxy) is 3. The third-order valence-corrected chi connectivity index (χ3v) is 5.32. The first kappa shape index (κ1) is 17.1. The summed E-state index contributed by atoms with van der Waals surface area (Å²) in [5.74, 6) is -0.559. The molecule has 3 heterocycles. The van der Waals surface area contributed by atoms with Crippen molar-refractivity contribution in [1.29, 1.82) is 0 Å². The Kier molecular flexibility index (Phi) is 4.03. The third kappa shape index (κ3) is 2.51. The first-order valence-corrected chi connectivity index (χ1v) is 8.94. The lowest BCUT2D eigenvalue weighted by atomic mass is 9.77. The molecule has 0 N–H and O–H groups in total. The van der Waals surface area contributed by atoms with Crippen LogP contribution in [0.1, 0.15) is 13.8 Å². The molecule has 2 saturated heterocycles. The molecule has 6 heteroatoms. The van der Waals surface area contributed by atoms with Crippen LogP contribution in [0.5, 0.6) is 5.75 Å². The zero-order valence-corrected chi connectivity index (χ0v) is 15.2. The Morgan fingerprint density at radius 2 is 2.08 bits per heavy atom. The fraction of sp³-hybridized carbons (Fsp3) is 0.500. The van der Waals surface area contributed by atoms with Gasteiger partial charge in [0.15, 0.2) is 0 Å². The van der Waals surface area contributed by atoms with Gasteiger partial charge in [-0.25, -0.2) is 0 Å². The van der Waals surface area contributed by atoms with E-state index in [1.165, 1.54) is 0 Å². The van der Waals surface area contributed by atoms with E-state index in [2.05, 4.69) is 0 Å². The van der Waals surface area contributed by atoms with Gasteiger partial charge in [0.1, 0.15) is 17.3 Å². The van der Waals surface area contributed by atoms with Gasteiger partial charge in [0.05, 0.1) is 32.3 Å². The summed E-state index contributed by atoms with van der Waals surface area (Å²) in [7, 11) is 1.60. The van der Waals surface area contributed by atoms with Gasteiger partial charge in [-0.15, -0.1) is 0 Å². The van der Waals surface area contributed by atoms with Gasteiger partial charge in [0.25, 0.3) is 0 Å². The zero-order chi connectivity index (χ0) is 18.5. The van der Waals surface area contributed by atoms with Gasteiger partial charge in [-0.1, -0.05) is 26.0 Å². The molecule has 138 valence electrons. The molecule has 4 atom stereocenters. The van der Waals surface area contributed by atoms with Gasteiger partial charge in [0, 0.05) is 5.69 Å². The van der Waals surface area contributed by atoms with Crippen LogP contribution in [0.25, 0.3) is 0 Å². The monoisotopic (exact) mass is 357 g/mol. The average Bonchev–Trinajstić information content (AvgIpc) is 3.28. The summed E-state index contributed by atoms with van der Waals surface area (Å²) in [6.07, 6.45) is 3.46. The normalized spacial score (nSPS) is 31.6. The molecule has 1 aromatic rings. The molecule has 0 radical (unpaired) electrons. The number of hydrogen-bond acceptors (Lipinski definition) is 5. The van der Waals surface area contributed by atoms with E-state index in [0.717, 1.165) is 11.4 Å². The molecular weight excluding hydrogens is 334 g/mol. The van der Waals surface area contributed by atoms with Gasteiger partial charge >= 0.3 is 5.97 Å². The van der Waals surface area contributed by atoms with Crippen LogP contribution < -0.4 is 9.64 Å². The molecule has 3 aliphatic heterocycles. The first-order valence-electron chi connectivity index (χ1n) is 8.94. The lowest BCUT2D eigenvalue weighted by molar-refractivity contribution is -0.153. The van der Waals surface area contributed by atoms with Crippen molar-refractivity contribution in [3.05, 3.63) is 36.4 Å². The van der Waals surface area contributed by atoms with Crippen LogP contribution in [0, 0.1) is 17.8 Å². The minimum Gasteiger partial charge on any atom is -0.497 e. The molecule has 1 aromatic carbocycles. The van der Waals surface area contributed by atoms with Crippen molar-refractivity contribution < 1.29 is 23.8 Å². The van der Waals surface area contributed by atoms with Crippen LogP contribution in [0.15, 0.2) is 36.4 Å². The summed E-state index contributed by atoms with van der Waals surface area (Å²) in [4.78, 5) is 27.5. The summed E-state index contributed by atoms with van der Waals surface area (Å²) in [6.45, 7) is 4.72. The van der Waals surface area contributed by atoms with E-state index >= 15 is 0 Å². The first-order chi connectivity index (χ1) is 12.4. The highest BCUT2D eigenvalue weighted by Crippen LogP contribution is 2.52. The molecular formula is C20H23NO5. The lowest BCUT2D eigenvalue weighted by Gasteiger charge is -2.23. The Labute approximate surface area is 152 Å². The van der Waals surface area contributed by atoms with E-state index in [0.29, 0.717) is 13.2 Å². The molecule has 1 amide bonds. The van der Waals surface area contributed by atoms with Crippen LogP contribution >= 0.6 is 0 Å². The number of rotatable bonds is 5. The molecule has 0 aliphatic carbocycles. The predicted molar refractivity (Wildman–Crippen MR) is 94.9 cm³/mol. The van der Waals surface area contributed by atoms with Gasteiger partial charge in [-0.05, 0) is 30.2 Å². The van der Waals surface area contributed by atoms with Crippen LogP contribution in [-0.2, 0) is 19.1 Å². The van der Waals surface area contributed by atoms with Crippen LogP contribution in [0.3, 0.4) is 0 Å². The molecule has 1 spiro atoms. The second kappa shape index (κ2) is 6.13. The topological polar surface area (TPSA) is 65.1 Å². The molecule has 0 unspecified atom stereocenters. The van der Waals surface area contributed by atoms with Gasteiger partial charge in [0.2, 0.25) is 5.91 Å². The van der Waals surface area contributed by atoms with Gasteiger partial charge in [-0.3, -0.25) is 9.59 Å². The average molecular weight is 357 g/mol. The maximum atomic E-state index is 13.2. The smallest absolute Gasteiger partial charge is 0.312 e. The lowest BCUT2D eigenvalue weighted by Crippen LogP contribution is -2.40. The number of hydrogen-bond donors (Lipinski definition) is 0.